The van der Waals surface area contributed by atoms with E-state index in [-0.39, 0.29) is 11.8 Å². The molecule has 0 saturated carbocycles. The van der Waals surface area contributed by atoms with Gasteiger partial charge in [-0.2, -0.15) is 0 Å². The molecule has 0 atom stereocenters. The Bertz CT molecular complexity index is 1030. The van der Waals surface area contributed by atoms with Gasteiger partial charge in [0.1, 0.15) is 12.4 Å². The van der Waals surface area contributed by atoms with E-state index in [0.717, 1.165) is 10.0 Å². The Morgan fingerprint density at radius 3 is 2.33 bits per heavy atom. The largest absolute Gasteiger partial charge is 0.488 e. The van der Waals surface area contributed by atoms with Gasteiger partial charge in [-0.05, 0) is 42.0 Å². The highest BCUT2D eigenvalue weighted by Gasteiger charge is 2.27. The van der Waals surface area contributed by atoms with Crippen molar-refractivity contribution in [3.63, 3.8) is 0 Å². The first-order chi connectivity index (χ1) is 14.6. The highest BCUT2D eigenvalue weighted by atomic mass is 79.9. The average Bonchev–Trinajstić information content (AvgIpc) is 3.32. The number of ether oxygens (including phenoxy) is 1. The van der Waals surface area contributed by atoms with Gasteiger partial charge in [0.05, 0.1) is 11.8 Å². The first-order valence-electron chi connectivity index (χ1n) is 9.70. The van der Waals surface area contributed by atoms with E-state index < -0.39 is 0 Å². The molecule has 1 aromatic heterocycles. The number of carbonyl (C=O) groups excluding carboxylic acids is 2. The van der Waals surface area contributed by atoms with Gasteiger partial charge in [0.15, 0.2) is 5.76 Å². The van der Waals surface area contributed by atoms with Crippen molar-refractivity contribution in [3.05, 3.63) is 88.3 Å². The maximum atomic E-state index is 13.1. The van der Waals surface area contributed by atoms with Crippen molar-refractivity contribution in [3.8, 4) is 5.75 Å². The number of rotatable bonds is 5. The van der Waals surface area contributed by atoms with Crippen LogP contribution in [0.2, 0.25) is 0 Å². The lowest BCUT2D eigenvalue weighted by molar-refractivity contribution is 0.0516. The lowest BCUT2D eigenvalue weighted by Gasteiger charge is -2.34. The van der Waals surface area contributed by atoms with Crippen LogP contribution in [0.25, 0.3) is 0 Å². The van der Waals surface area contributed by atoms with E-state index in [1.807, 2.05) is 42.5 Å². The quantitative estimate of drug-likeness (QED) is 0.562. The van der Waals surface area contributed by atoms with Gasteiger partial charge in [-0.1, -0.05) is 40.2 Å². The summed E-state index contributed by atoms with van der Waals surface area (Å²) in [6.07, 6.45) is 1.48. The molecule has 0 bridgehead atoms. The number of hydrogen-bond acceptors (Lipinski definition) is 4. The second-order valence-corrected chi connectivity index (χ2v) is 7.89. The van der Waals surface area contributed by atoms with Gasteiger partial charge >= 0.3 is 0 Å². The summed E-state index contributed by atoms with van der Waals surface area (Å²) in [6.45, 7) is 2.23. The molecular weight excluding hydrogens is 448 g/mol. The van der Waals surface area contributed by atoms with Crippen molar-refractivity contribution in [1.82, 2.24) is 9.80 Å². The Morgan fingerprint density at radius 2 is 1.63 bits per heavy atom. The van der Waals surface area contributed by atoms with Crippen LogP contribution in [-0.2, 0) is 6.61 Å². The summed E-state index contributed by atoms with van der Waals surface area (Å²) in [5.74, 6) is 0.632. The molecule has 0 unspecified atom stereocenters. The van der Waals surface area contributed by atoms with Crippen LogP contribution in [0.5, 0.6) is 5.75 Å². The van der Waals surface area contributed by atoms with Crippen LogP contribution in [-0.4, -0.2) is 47.8 Å². The van der Waals surface area contributed by atoms with Crippen molar-refractivity contribution in [1.29, 1.82) is 0 Å². The summed E-state index contributed by atoms with van der Waals surface area (Å²) in [4.78, 5) is 29.0. The van der Waals surface area contributed by atoms with Crippen LogP contribution in [0.15, 0.2) is 75.8 Å². The molecule has 0 radical (unpaired) electrons. The lowest BCUT2D eigenvalue weighted by Crippen LogP contribution is -2.50. The van der Waals surface area contributed by atoms with Crippen LogP contribution < -0.4 is 4.74 Å². The predicted molar refractivity (Wildman–Crippen MR) is 115 cm³/mol. The summed E-state index contributed by atoms with van der Waals surface area (Å²) in [5.41, 5.74) is 1.54. The monoisotopic (exact) mass is 468 g/mol. The number of furan rings is 1. The minimum Gasteiger partial charge on any atom is -0.488 e. The standard InChI is InChI=1S/C23H21BrN2O4/c24-18-6-3-5-17(15-18)16-30-20-8-2-1-7-19(20)22(27)25-10-12-26(13-11-25)23(28)21-9-4-14-29-21/h1-9,14-15H,10-13,16H2. The van der Waals surface area contributed by atoms with E-state index in [1.165, 1.54) is 6.26 Å². The normalized spacial score (nSPS) is 13.9. The van der Waals surface area contributed by atoms with Crippen LogP contribution in [0, 0.1) is 0 Å². The number of para-hydroxylation sites is 1. The maximum Gasteiger partial charge on any atom is 0.289 e. The molecule has 2 aromatic carbocycles. The zero-order valence-corrected chi connectivity index (χ0v) is 17.9. The van der Waals surface area contributed by atoms with Crippen molar-refractivity contribution < 1.29 is 18.7 Å². The molecule has 154 valence electrons. The van der Waals surface area contributed by atoms with E-state index in [2.05, 4.69) is 15.9 Å². The highest BCUT2D eigenvalue weighted by molar-refractivity contribution is 9.10. The molecule has 2 heterocycles. The van der Waals surface area contributed by atoms with Gasteiger partial charge in [0, 0.05) is 30.7 Å². The van der Waals surface area contributed by atoms with Crippen molar-refractivity contribution in [2.75, 3.05) is 26.2 Å². The Hall–Kier alpha value is -3.06. The summed E-state index contributed by atoms with van der Waals surface area (Å²) in [5, 5.41) is 0. The zero-order chi connectivity index (χ0) is 20.9. The summed E-state index contributed by atoms with van der Waals surface area (Å²) in [7, 11) is 0. The van der Waals surface area contributed by atoms with E-state index in [0.29, 0.717) is 49.9 Å². The second-order valence-electron chi connectivity index (χ2n) is 6.98. The molecular formula is C23H21BrN2O4. The minimum absolute atomic E-state index is 0.0926. The Labute approximate surface area is 183 Å². The molecule has 1 aliphatic heterocycles. The van der Waals surface area contributed by atoms with Gasteiger partial charge < -0.3 is 19.0 Å². The third-order valence-electron chi connectivity index (χ3n) is 4.99. The molecule has 6 nitrogen and oxygen atoms in total. The molecule has 0 aliphatic carbocycles. The Balaban J connectivity index is 1.40. The number of halogens is 1. The number of carbonyl (C=O) groups is 2. The number of hydrogen-bond donors (Lipinski definition) is 0. The topological polar surface area (TPSA) is 63.0 Å². The molecule has 7 heteroatoms. The first kappa shape index (κ1) is 20.2. The molecule has 0 N–H and O–H groups in total. The molecule has 0 spiro atoms. The molecule has 30 heavy (non-hydrogen) atoms. The molecule has 3 aromatic rings. The van der Waals surface area contributed by atoms with Crippen LogP contribution in [0.1, 0.15) is 26.5 Å². The number of benzene rings is 2. The van der Waals surface area contributed by atoms with Gasteiger partial charge in [-0.3, -0.25) is 9.59 Å². The van der Waals surface area contributed by atoms with Crippen molar-refractivity contribution >= 4 is 27.7 Å². The second kappa shape index (κ2) is 9.17. The predicted octanol–water partition coefficient (Wildman–Crippen LogP) is 4.22. The van der Waals surface area contributed by atoms with E-state index in [4.69, 9.17) is 9.15 Å². The number of amides is 2. The molecule has 4 rings (SSSR count). The first-order valence-corrected chi connectivity index (χ1v) is 10.5. The summed E-state index contributed by atoms with van der Waals surface area (Å²) in [6, 6.07) is 18.5. The highest BCUT2D eigenvalue weighted by Crippen LogP contribution is 2.23. The van der Waals surface area contributed by atoms with Crippen molar-refractivity contribution in [2.24, 2.45) is 0 Å². The van der Waals surface area contributed by atoms with E-state index in [1.54, 1.807) is 28.0 Å². The van der Waals surface area contributed by atoms with Gasteiger partial charge in [0.2, 0.25) is 0 Å². The van der Waals surface area contributed by atoms with Gasteiger partial charge in [0.25, 0.3) is 11.8 Å². The van der Waals surface area contributed by atoms with Crippen LogP contribution >= 0.6 is 15.9 Å². The smallest absolute Gasteiger partial charge is 0.289 e. The molecule has 2 amide bonds. The lowest BCUT2D eigenvalue weighted by atomic mass is 10.1. The van der Waals surface area contributed by atoms with Crippen molar-refractivity contribution in [2.45, 2.75) is 6.61 Å². The number of nitrogens with zero attached hydrogens (tertiary/aromatic N) is 2. The van der Waals surface area contributed by atoms with Crippen LogP contribution in [0.3, 0.4) is 0 Å². The Morgan fingerprint density at radius 1 is 0.900 bits per heavy atom. The van der Waals surface area contributed by atoms with Crippen LogP contribution in [0.4, 0.5) is 0 Å². The molecule has 1 fully saturated rings. The average molecular weight is 469 g/mol. The van der Waals surface area contributed by atoms with E-state index in [9.17, 15) is 9.59 Å². The molecule has 1 aliphatic rings. The SMILES string of the molecule is O=C(c1ccco1)N1CCN(C(=O)c2ccccc2OCc2cccc(Br)c2)CC1. The fourth-order valence-electron chi connectivity index (χ4n) is 3.40. The maximum absolute atomic E-state index is 13.1. The third-order valence-corrected chi connectivity index (χ3v) is 5.48. The van der Waals surface area contributed by atoms with Gasteiger partial charge in [-0.15, -0.1) is 0 Å². The van der Waals surface area contributed by atoms with E-state index >= 15 is 0 Å². The Kier molecular flexibility index (Phi) is 6.18. The third kappa shape index (κ3) is 4.57. The zero-order valence-electron chi connectivity index (χ0n) is 16.3. The van der Waals surface area contributed by atoms with Gasteiger partial charge in [-0.25, -0.2) is 0 Å². The fraction of sp³-hybridized carbons (Fsp3) is 0.217. The summed E-state index contributed by atoms with van der Waals surface area (Å²) < 4.78 is 12.1. The number of piperazine rings is 1. The summed E-state index contributed by atoms with van der Waals surface area (Å²) >= 11 is 3.46. The fourth-order valence-corrected chi connectivity index (χ4v) is 3.84. The minimum atomic E-state index is -0.148. The molecule has 1 saturated heterocycles.